The predicted octanol–water partition coefficient (Wildman–Crippen LogP) is 2.45. The van der Waals surface area contributed by atoms with Crippen LogP contribution in [0, 0.1) is 10.1 Å². The summed E-state index contributed by atoms with van der Waals surface area (Å²) in [5.74, 6) is -1.19. The predicted molar refractivity (Wildman–Crippen MR) is 90.7 cm³/mol. The number of nitro benzene ring substituents is 1. The van der Waals surface area contributed by atoms with E-state index in [2.05, 4.69) is 0 Å². The van der Waals surface area contributed by atoms with Crippen LogP contribution >= 0.6 is 0 Å². The lowest BCUT2D eigenvalue weighted by atomic mass is 9.77. The average molecular weight is 358 g/mol. The fourth-order valence-electron chi connectivity index (χ4n) is 3.29. The van der Waals surface area contributed by atoms with E-state index >= 15 is 0 Å². The number of carbonyl (C=O) groups excluding carboxylic acids is 2. The monoisotopic (exact) mass is 358 g/mol. The summed E-state index contributed by atoms with van der Waals surface area (Å²) in [6.45, 7) is 1.80. The van der Waals surface area contributed by atoms with Crippen LogP contribution in [0.2, 0.25) is 0 Å². The van der Waals surface area contributed by atoms with E-state index in [1.807, 2.05) is 0 Å². The molecule has 0 bridgehead atoms. The van der Waals surface area contributed by atoms with Crippen LogP contribution in [0.4, 0.5) is 5.69 Å². The van der Waals surface area contributed by atoms with Crippen molar-refractivity contribution in [3.63, 3.8) is 0 Å². The van der Waals surface area contributed by atoms with Gasteiger partial charge in [-0.15, -0.1) is 0 Å². The van der Waals surface area contributed by atoms with Crippen molar-refractivity contribution in [2.24, 2.45) is 5.73 Å². The zero-order valence-electron chi connectivity index (χ0n) is 14.2. The van der Waals surface area contributed by atoms with Gasteiger partial charge in [0.05, 0.1) is 17.4 Å². The second-order valence-electron chi connectivity index (χ2n) is 6.00. The maximum absolute atomic E-state index is 12.6. The maximum atomic E-state index is 12.6. The molecule has 1 aliphatic carbocycles. The molecule has 1 aliphatic heterocycles. The molecule has 2 aliphatic rings. The molecule has 0 radical (unpaired) electrons. The zero-order chi connectivity index (χ0) is 18.8. The van der Waals surface area contributed by atoms with Crippen LogP contribution in [-0.4, -0.2) is 23.3 Å². The highest BCUT2D eigenvalue weighted by atomic mass is 16.6. The van der Waals surface area contributed by atoms with E-state index in [1.54, 1.807) is 6.92 Å². The Hall–Kier alpha value is -3.16. The van der Waals surface area contributed by atoms with Gasteiger partial charge in [0.2, 0.25) is 5.88 Å². The zero-order valence-corrected chi connectivity index (χ0v) is 14.2. The second-order valence-corrected chi connectivity index (χ2v) is 6.00. The number of benzene rings is 1. The van der Waals surface area contributed by atoms with Gasteiger partial charge in [0, 0.05) is 30.5 Å². The van der Waals surface area contributed by atoms with Crippen LogP contribution in [0.5, 0.6) is 0 Å². The van der Waals surface area contributed by atoms with E-state index in [0.29, 0.717) is 36.2 Å². The highest BCUT2D eigenvalue weighted by Gasteiger charge is 2.41. The van der Waals surface area contributed by atoms with Crippen LogP contribution < -0.4 is 5.73 Å². The summed E-state index contributed by atoms with van der Waals surface area (Å²) >= 11 is 0. The van der Waals surface area contributed by atoms with Crippen molar-refractivity contribution in [3.05, 3.63) is 62.7 Å². The lowest BCUT2D eigenvalue weighted by molar-refractivity contribution is -0.384. The van der Waals surface area contributed by atoms with Gasteiger partial charge in [-0.3, -0.25) is 14.9 Å². The number of ether oxygens (including phenoxy) is 2. The van der Waals surface area contributed by atoms with E-state index in [-0.39, 0.29) is 29.5 Å². The number of hydrogen-bond donors (Lipinski definition) is 1. The number of carbonyl (C=O) groups is 2. The molecule has 0 amide bonds. The van der Waals surface area contributed by atoms with Crippen molar-refractivity contribution in [2.45, 2.75) is 32.1 Å². The summed E-state index contributed by atoms with van der Waals surface area (Å²) in [7, 11) is 0. The molecule has 26 heavy (non-hydrogen) atoms. The van der Waals surface area contributed by atoms with Crippen LogP contribution in [0.25, 0.3) is 0 Å². The summed E-state index contributed by atoms with van der Waals surface area (Å²) in [6, 6.07) is 5.70. The number of nitrogens with two attached hydrogens (primary N) is 1. The lowest BCUT2D eigenvalue weighted by Gasteiger charge is -2.32. The van der Waals surface area contributed by atoms with Crippen molar-refractivity contribution < 1.29 is 24.0 Å². The molecule has 1 aromatic carbocycles. The number of rotatable bonds is 4. The van der Waals surface area contributed by atoms with E-state index < -0.39 is 16.8 Å². The third-order valence-corrected chi connectivity index (χ3v) is 4.42. The van der Waals surface area contributed by atoms with Crippen molar-refractivity contribution in [1.82, 2.24) is 0 Å². The Morgan fingerprint density at radius 2 is 2.04 bits per heavy atom. The first-order valence-corrected chi connectivity index (χ1v) is 8.29. The second kappa shape index (κ2) is 6.99. The van der Waals surface area contributed by atoms with Gasteiger partial charge in [-0.05, 0) is 18.9 Å². The Balaban J connectivity index is 2.13. The highest BCUT2D eigenvalue weighted by molar-refractivity contribution is 6.03. The average Bonchev–Trinajstić information content (AvgIpc) is 2.61. The molecule has 0 saturated carbocycles. The number of non-ortho nitro benzene ring substituents is 1. The fourth-order valence-corrected chi connectivity index (χ4v) is 3.29. The van der Waals surface area contributed by atoms with E-state index in [0.717, 1.165) is 0 Å². The van der Waals surface area contributed by atoms with E-state index in [4.69, 9.17) is 15.2 Å². The molecule has 0 aromatic heterocycles. The van der Waals surface area contributed by atoms with E-state index in [1.165, 1.54) is 24.3 Å². The lowest BCUT2D eigenvalue weighted by Crippen LogP contribution is -2.31. The first-order valence-electron chi connectivity index (χ1n) is 8.29. The smallest absolute Gasteiger partial charge is 0.340 e. The summed E-state index contributed by atoms with van der Waals surface area (Å²) < 4.78 is 10.6. The topological polar surface area (TPSA) is 122 Å². The highest BCUT2D eigenvalue weighted by Crippen LogP contribution is 2.44. The van der Waals surface area contributed by atoms with Gasteiger partial charge in [-0.1, -0.05) is 12.1 Å². The quantitative estimate of drug-likeness (QED) is 0.498. The number of ketones is 1. The number of nitrogens with zero attached hydrogens (tertiary/aromatic N) is 1. The molecule has 0 saturated heterocycles. The Bertz CT molecular complexity index is 838. The molecule has 0 fully saturated rings. The summed E-state index contributed by atoms with van der Waals surface area (Å²) in [6.07, 6.45) is 1.54. The van der Waals surface area contributed by atoms with Crippen molar-refractivity contribution in [2.75, 3.05) is 6.61 Å². The number of Topliss-reactive ketones (excluding diaryl/α,β-unsaturated/α-hetero) is 1. The first kappa shape index (κ1) is 17.7. The number of esters is 1. The van der Waals surface area contributed by atoms with Crippen LogP contribution in [0.15, 0.2) is 47.1 Å². The minimum absolute atomic E-state index is 0.0507. The summed E-state index contributed by atoms with van der Waals surface area (Å²) in [5, 5.41) is 10.9. The summed E-state index contributed by atoms with van der Waals surface area (Å²) in [4.78, 5) is 35.4. The number of allylic oxidation sites excluding steroid dienone is 2. The van der Waals surface area contributed by atoms with Crippen molar-refractivity contribution in [3.8, 4) is 0 Å². The molecule has 2 N–H and O–H groups in total. The Labute approximate surface area is 149 Å². The van der Waals surface area contributed by atoms with E-state index in [9.17, 15) is 19.7 Å². The maximum Gasteiger partial charge on any atom is 0.340 e. The molecule has 1 heterocycles. The van der Waals surface area contributed by atoms with Gasteiger partial charge in [0.15, 0.2) is 5.78 Å². The Morgan fingerprint density at radius 3 is 2.65 bits per heavy atom. The van der Waals surface area contributed by atoms with Crippen LogP contribution in [0.1, 0.15) is 37.7 Å². The minimum atomic E-state index is -0.758. The molecule has 3 rings (SSSR count). The van der Waals surface area contributed by atoms with Gasteiger partial charge in [0.1, 0.15) is 11.3 Å². The van der Waals surface area contributed by atoms with Crippen molar-refractivity contribution >= 4 is 17.4 Å². The molecular formula is C18H18N2O6. The van der Waals surface area contributed by atoms with Crippen LogP contribution in [0.3, 0.4) is 0 Å². The molecule has 136 valence electrons. The largest absolute Gasteiger partial charge is 0.462 e. The van der Waals surface area contributed by atoms with Crippen molar-refractivity contribution in [1.29, 1.82) is 0 Å². The number of hydrogen-bond acceptors (Lipinski definition) is 7. The molecule has 8 heteroatoms. The molecular weight excluding hydrogens is 340 g/mol. The van der Waals surface area contributed by atoms with Gasteiger partial charge in [-0.25, -0.2) is 4.79 Å². The van der Waals surface area contributed by atoms with Crippen LogP contribution in [-0.2, 0) is 19.1 Å². The van der Waals surface area contributed by atoms with Gasteiger partial charge >= 0.3 is 5.97 Å². The van der Waals surface area contributed by atoms with Gasteiger partial charge in [0.25, 0.3) is 5.69 Å². The standard InChI is InChI=1S/C18H18N2O6/c1-2-25-18(22)16-14(10-6-8-11(9-7-10)20(23)24)15-12(21)4-3-5-13(15)26-17(16)19/h6-9,14H,2-5,19H2,1H3/t14-/m1/s1. The third kappa shape index (κ3) is 3.05. The molecule has 8 nitrogen and oxygen atoms in total. The molecule has 1 atom stereocenters. The Morgan fingerprint density at radius 1 is 1.35 bits per heavy atom. The summed E-state index contributed by atoms with van der Waals surface area (Å²) in [5.41, 5.74) is 6.86. The minimum Gasteiger partial charge on any atom is -0.462 e. The van der Waals surface area contributed by atoms with Gasteiger partial charge < -0.3 is 15.2 Å². The number of nitro groups is 1. The molecule has 0 spiro atoms. The molecule has 0 unspecified atom stereocenters. The fraction of sp³-hybridized carbons (Fsp3) is 0.333. The SMILES string of the molecule is CCOC(=O)C1=C(N)OC2=C(C(=O)CCC2)[C@H]1c1ccc([N+](=O)[O-])cc1. The Kier molecular flexibility index (Phi) is 4.75. The third-order valence-electron chi connectivity index (χ3n) is 4.42. The van der Waals surface area contributed by atoms with Gasteiger partial charge in [-0.2, -0.15) is 0 Å². The first-order chi connectivity index (χ1) is 12.4. The normalized spacial score (nSPS) is 19.7. The molecule has 1 aromatic rings.